The zero-order valence-corrected chi connectivity index (χ0v) is 12.6. The molecule has 21 heavy (non-hydrogen) atoms. The highest BCUT2D eigenvalue weighted by Gasteiger charge is 2.18. The van der Waals surface area contributed by atoms with Gasteiger partial charge in [0.2, 0.25) is 0 Å². The van der Waals surface area contributed by atoms with E-state index in [1.165, 1.54) is 0 Å². The molecule has 0 saturated heterocycles. The van der Waals surface area contributed by atoms with Crippen molar-refractivity contribution in [1.82, 2.24) is 4.57 Å². The van der Waals surface area contributed by atoms with E-state index in [1.807, 2.05) is 41.8 Å². The van der Waals surface area contributed by atoms with Crippen LogP contribution in [0.15, 0.2) is 41.3 Å². The van der Waals surface area contributed by atoms with E-state index in [9.17, 15) is 9.59 Å². The Bertz CT molecular complexity index is 702. The zero-order chi connectivity index (χ0) is 15.4. The summed E-state index contributed by atoms with van der Waals surface area (Å²) in [4.78, 5) is 24.3. The summed E-state index contributed by atoms with van der Waals surface area (Å²) >= 11 is 0. The largest absolute Gasteiger partial charge is 0.462 e. The normalized spacial score (nSPS) is 10.4. The molecule has 1 heterocycles. The summed E-state index contributed by atoms with van der Waals surface area (Å²) in [5.41, 5.74) is 2.20. The third kappa shape index (κ3) is 2.89. The fourth-order valence-electron chi connectivity index (χ4n) is 2.39. The molecule has 0 saturated carbocycles. The maximum absolute atomic E-state index is 12.4. The molecule has 0 fully saturated rings. The lowest BCUT2D eigenvalue weighted by Crippen LogP contribution is -2.23. The molecule has 110 valence electrons. The van der Waals surface area contributed by atoms with Crippen molar-refractivity contribution in [2.24, 2.45) is 0 Å². The summed E-state index contributed by atoms with van der Waals surface area (Å²) in [6.07, 6.45) is 1.59. The summed E-state index contributed by atoms with van der Waals surface area (Å²) in [5.74, 6) is -0.563. The van der Waals surface area contributed by atoms with Crippen molar-refractivity contribution in [3.05, 3.63) is 57.9 Å². The van der Waals surface area contributed by atoms with Gasteiger partial charge in [-0.15, -0.1) is 0 Å². The number of nitrogens with zero attached hydrogens (tertiary/aromatic N) is 1. The van der Waals surface area contributed by atoms with Gasteiger partial charge in [0.05, 0.1) is 12.3 Å². The van der Waals surface area contributed by atoms with E-state index in [4.69, 9.17) is 4.74 Å². The minimum Gasteiger partial charge on any atom is -0.462 e. The lowest BCUT2D eigenvalue weighted by atomic mass is 10.0. The fraction of sp³-hybridized carbons (Fsp3) is 0.294. The summed E-state index contributed by atoms with van der Waals surface area (Å²) in [6, 6.07) is 9.70. The van der Waals surface area contributed by atoms with Crippen molar-refractivity contribution in [2.45, 2.75) is 27.3 Å². The lowest BCUT2D eigenvalue weighted by Gasteiger charge is -2.16. The van der Waals surface area contributed by atoms with Gasteiger partial charge in [-0.25, -0.2) is 4.79 Å². The number of carbonyl (C=O) groups excluding carboxylic acids is 1. The van der Waals surface area contributed by atoms with Crippen LogP contribution in [0, 0.1) is 6.92 Å². The second kappa shape index (κ2) is 6.39. The minimum absolute atomic E-state index is 0.0934. The van der Waals surface area contributed by atoms with Crippen molar-refractivity contribution in [2.75, 3.05) is 6.61 Å². The van der Waals surface area contributed by atoms with Gasteiger partial charge in [-0.05, 0) is 26.3 Å². The number of carbonyl (C=O) groups is 1. The molecule has 4 nitrogen and oxygen atoms in total. The van der Waals surface area contributed by atoms with E-state index in [-0.39, 0.29) is 17.6 Å². The maximum Gasteiger partial charge on any atom is 0.343 e. The molecule has 0 bridgehead atoms. The van der Waals surface area contributed by atoms with E-state index in [0.717, 1.165) is 11.3 Å². The van der Waals surface area contributed by atoms with E-state index >= 15 is 0 Å². The molecule has 2 rings (SSSR count). The molecule has 0 spiro atoms. The number of hydrogen-bond acceptors (Lipinski definition) is 3. The Morgan fingerprint density at radius 2 is 1.86 bits per heavy atom. The SMILES string of the molecule is CCOC(=O)c1cn(CC)c(-c2ccccc2)c(C)c1=O. The Morgan fingerprint density at radius 1 is 1.19 bits per heavy atom. The molecule has 0 N–H and O–H groups in total. The number of aryl methyl sites for hydroxylation is 1. The van der Waals surface area contributed by atoms with Crippen LogP contribution in [-0.4, -0.2) is 17.1 Å². The smallest absolute Gasteiger partial charge is 0.343 e. The van der Waals surface area contributed by atoms with Crippen LogP contribution < -0.4 is 5.43 Å². The van der Waals surface area contributed by atoms with Crippen molar-refractivity contribution >= 4 is 5.97 Å². The highest BCUT2D eigenvalue weighted by Crippen LogP contribution is 2.22. The first-order valence-corrected chi connectivity index (χ1v) is 7.06. The number of esters is 1. The van der Waals surface area contributed by atoms with Crippen LogP contribution in [0.2, 0.25) is 0 Å². The number of pyridine rings is 1. The third-order valence-electron chi connectivity index (χ3n) is 3.40. The molecule has 0 amide bonds. The van der Waals surface area contributed by atoms with Gasteiger partial charge in [-0.2, -0.15) is 0 Å². The molecular weight excluding hydrogens is 266 g/mol. The first kappa shape index (κ1) is 15.0. The van der Waals surface area contributed by atoms with E-state index < -0.39 is 5.97 Å². The number of aromatic nitrogens is 1. The Balaban J connectivity index is 2.67. The minimum atomic E-state index is -0.563. The first-order chi connectivity index (χ1) is 10.1. The quantitative estimate of drug-likeness (QED) is 0.811. The first-order valence-electron chi connectivity index (χ1n) is 7.06. The summed E-state index contributed by atoms with van der Waals surface area (Å²) in [7, 11) is 0. The molecule has 2 aromatic rings. The van der Waals surface area contributed by atoms with Crippen LogP contribution in [0.1, 0.15) is 29.8 Å². The van der Waals surface area contributed by atoms with E-state index in [2.05, 4.69) is 0 Å². The molecule has 1 aromatic heterocycles. The molecular formula is C17H19NO3. The zero-order valence-electron chi connectivity index (χ0n) is 12.6. The Morgan fingerprint density at radius 3 is 2.43 bits per heavy atom. The van der Waals surface area contributed by atoms with Gasteiger partial charge in [0.15, 0.2) is 5.43 Å². The number of rotatable bonds is 4. The summed E-state index contributed by atoms with van der Waals surface area (Å²) in [6.45, 7) is 6.37. The Labute approximate surface area is 124 Å². The van der Waals surface area contributed by atoms with Crippen LogP contribution in [0.25, 0.3) is 11.3 Å². The summed E-state index contributed by atoms with van der Waals surface area (Å²) < 4.78 is 6.87. The van der Waals surface area contributed by atoms with E-state index in [0.29, 0.717) is 12.1 Å². The van der Waals surface area contributed by atoms with Crippen LogP contribution in [0.3, 0.4) is 0 Å². The fourth-order valence-corrected chi connectivity index (χ4v) is 2.39. The highest BCUT2D eigenvalue weighted by molar-refractivity contribution is 5.89. The lowest BCUT2D eigenvalue weighted by molar-refractivity contribution is 0.0523. The number of benzene rings is 1. The Kier molecular flexibility index (Phi) is 4.58. The predicted molar refractivity (Wildman–Crippen MR) is 82.5 cm³/mol. The van der Waals surface area contributed by atoms with Crippen LogP contribution in [0.5, 0.6) is 0 Å². The predicted octanol–water partition coefficient (Wildman–Crippen LogP) is 3.02. The molecule has 0 aliphatic carbocycles. The van der Waals surface area contributed by atoms with E-state index in [1.54, 1.807) is 20.0 Å². The maximum atomic E-state index is 12.4. The molecule has 0 radical (unpaired) electrons. The van der Waals surface area contributed by atoms with Gasteiger partial charge in [0.25, 0.3) is 0 Å². The highest BCUT2D eigenvalue weighted by atomic mass is 16.5. The second-order valence-electron chi connectivity index (χ2n) is 4.72. The van der Waals surface area contributed by atoms with Gasteiger partial charge in [-0.1, -0.05) is 30.3 Å². The van der Waals surface area contributed by atoms with Crippen LogP contribution in [-0.2, 0) is 11.3 Å². The molecule has 1 aromatic carbocycles. The van der Waals surface area contributed by atoms with Crippen LogP contribution >= 0.6 is 0 Å². The van der Waals surface area contributed by atoms with Gasteiger partial charge in [0, 0.05) is 18.3 Å². The van der Waals surface area contributed by atoms with Crippen molar-refractivity contribution in [3.8, 4) is 11.3 Å². The third-order valence-corrected chi connectivity index (χ3v) is 3.40. The molecule has 0 aliphatic heterocycles. The van der Waals surface area contributed by atoms with Gasteiger partial charge in [-0.3, -0.25) is 4.79 Å². The molecule has 0 atom stereocenters. The van der Waals surface area contributed by atoms with Gasteiger partial charge >= 0.3 is 5.97 Å². The average Bonchev–Trinajstić information content (AvgIpc) is 2.50. The molecule has 0 aliphatic rings. The van der Waals surface area contributed by atoms with Crippen molar-refractivity contribution in [1.29, 1.82) is 0 Å². The second-order valence-corrected chi connectivity index (χ2v) is 4.72. The van der Waals surface area contributed by atoms with Crippen LogP contribution in [0.4, 0.5) is 0 Å². The van der Waals surface area contributed by atoms with Crippen molar-refractivity contribution < 1.29 is 9.53 Å². The Hall–Kier alpha value is -2.36. The average molecular weight is 285 g/mol. The number of hydrogen-bond donors (Lipinski definition) is 0. The molecule has 0 unspecified atom stereocenters. The van der Waals surface area contributed by atoms with Gasteiger partial charge < -0.3 is 9.30 Å². The monoisotopic (exact) mass is 285 g/mol. The number of ether oxygens (including phenoxy) is 1. The molecule has 4 heteroatoms. The van der Waals surface area contributed by atoms with Gasteiger partial charge in [0.1, 0.15) is 5.56 Å². The topological polar surface area (TPSA) is 48.3 Å². The summed E-state index contributed by atoms with van der Waals surface area (Å²) in [5, 5.41) is 0. The standard InChI is InChI=1S/C17H19NO3/c1-4-18-11-14(17(20)21-5-2)16(19)12(3)15(18)13-9-7-6-8-10-13/h6-11H,4-5H2,1-3H3. The van der Waals surface area contributed by atoms with Crippen molar-refractivity contribution in [3.63, 3.8) is 0 Å².